The lowest BCUT2D eigenvalue weighted by atomic mass is 10.2. The predicted molar refractivity (Wildman–Crippen MR) is 94.8 cm³/mol. The zero-order chi connectivity index (χ0) is 17.4. The molecule has 1 unspecified atom stereocenters. The Labute approximate surface area is 150 Å². The normalized spacial score (nSPS) is 18.6. The molecule has 7 nitrogen and oxygen atoms in total. The predicted octanol–water partition coefficient (Wildman–Crippen LogP) is 2.46. The molecule has 1 aliphatic rings. The molecular formula is C17H19ClN6O. The summed E-state index contributed by atoms with van der Waals surface area (Å²) in [6.45, 7) is 4.69. The van der Waals surface area contributed by atoms with Crippen LogP contribution in [0.3, 0.4) is 0 Å². The molecule has 130 valence electrons. The van der Waals surface area contributed by atoms with Gasteiger partial charge in [-0.05, 0) is 38.2 Å². The Kier molecular flexibility index (Phi) is 4.29. The molecule has 1 saturated heterocycles. The fourth-order valence-corrected chi connectivity index (χ4v) is 3.10. The van der Waals surface area contributed by atoms with E-state index in [1.165, 1.54) is 0 Å². The fraction of sp³-hybridized carbons (Fsp3) is 0.353. The van der Waals surface area contributed by atoms with E-state index in [9.17, 15) is 0 Å². The minimum atomic E-state index is 0.123. The van der Waals surface area contributed by atoms with E-state index in [-0.39, 0.29) is 6.04 Å². The van der Waals surface area contributed by atoms with E-state index < -0.39 is 0 Å². The fourth-order valence-electron chi connectivity index (χ4n) is 2.97. The van der Waals surface area contributed by atoms with Gasteiger partial charge in [-0.25, -0.2) is 4.68 Å². The molecule has 0 aliphatic carbocycles. The zero-order valence-corrected chi connectivity index (χ0v) is 14.9. The molecule has 0 amide bonds. The largest absolute Gasteiger partial charge is 0.334 e. The summed E-state index contributed by atoms with van der Waals surface area (Å²) >= 11 is 5.95. The molecule has 2 aromatic heterocycles. The van der Waals surface area contributed by atoms with Gasteiger partial charge in [-0.2, -0.15) is 10.1 Å². The summed E-state index contributed by atoms with van der Waals surface area (Å²) in [7, 11) is 2.07. The molecule has 1 N–H and O–H groups in total. The number of hydrogen-bond acceptors (Lipinski definition) is 6. The van der Waals surface area contributed by atoms with Crippen LogP contribution in [-0.2, 0) is 0 Å². The number of aryl methyl sites for hydroxylation is 1. The average Bonchev–Trinajstić information content (AvgIpc) is 3.23. The van der Waals surface area contributed by atoms with Crippen molar-refractivity contribution in [2.75, 3.05) is 26.7 Å². The number of piperazine rings is 1. The van der Waals surface area contributed by atoms with Crippen molar-refractivity contribution in [1.82, 2.24) is 30.1 Å². The van der Waals surface area contributed by atoms with Gasteiger partial charge in [0.25, 0.3) is 5.89 Å². The minimum absolute atomic E-state index is 0.123. The Morgan fingerprint density at radius 2 is 2.08 bits per heavy atom. The summed E-state index contributed by atoms with van der Waals surface area (Å²) < 4.78 is 7.30. The maximum Gasteiger partial charge on any atom is 0.261 e. The SMILES string of the molecule is Cc1nn(-c2ccc(Cl)cc2)cc1-c1nc(C2CNCCN2C)no1. The number of aromatic nitrogens is 4. The van der Waals surface area contributed by atoms with Crippen LogP contribution in [0, 0.1) is 6.92 Å². The molecule has 1 aliphatic heterocycles. The summed E-state index contributed by atoms with van der Waals surface area (Å²) in [6, 6.07) is 7.63. The number of nitrogens with zero attached hydrogens (tertiary/aromatic N) is 5. The van der Waals surface area contributed by atoms with Gasteiger partial charge in [-0.15, -0.1) is 0 Å². The summed E-state index contributed by atoms with van der Waals surface area (Å²) in [4.78, 5) is 6.83. The monoisotopic (exact) mass is 358 g/mol. The van der Waals surface area contributed by atoms with Crippen molar-refractivity contribution in [1.29, 1.82) is 0 Å². The molecule has 3 heterocycles. The first-order valence-corrected chi connectivity index (χ1v) is 8.57. The molecule has 3 aromatic rings. The Hall–Kier alpha value is -2.22. The first-order chi connectivity index (χ1) is 12.1. The Balaban J connectivity index is 1.63. The van der Waals surface area contributed by atoms with Crippen LogP contribution in [0.4, 0.5) is 0 Å². The molecule has 25 heavy (non-hydrogen) atoms. The van der Waals surface area contributed by atoms with E-state index in [0.717, 1.165) is 36.6 Å². The second-order valence-electron chi connectivity index (χ2n) is 6.21. The number of nitrogens with one attached hydrogen (secondary N) is 1. The van der Waals surface area contributed by atoms with Gasteiger partial charge in [0.2, 0.25) is 0 Å². The maximum atomic E-state index is 5.95. The number of halogens is 1. The highest BCUT2D eigenvalue weighted by Crippen LogP contribution is 2.26. The highest BCUT2D eigenvalue weighted by atomic mass is 35.5. The van der Waals surface area contributed by atoms with E-state index in [1.54, 1.807) is 4.68 Å². The maximum absolute atomic E-state index is 5.95. The molecule has 0 bridgehead atoms. The van der Waals surface area contributed by atoms with Gasteiger partial charge in [0, 0.05) is 30.9 Å². The van der Waals surface area contributed by atoms with Gasteiger partial charge in [0.1, 0.15) is 0 Å². The molecule has 1 fully saturated rings. The minimum Gasteiger partial charge on any atom is -0.334 e. The number of benzene rings is 1. The first-order valence-electron chi connectivity index (χ1n) is 8.19. The average molecular weight is 359 g/mol. The van der Waals surface area contributed by atoms with Crippen LogP contribution in [0.15, 0.2) is 35.0 Å². The van der Waals surface area contributed by atoms with Gasteiger partial charge in [0.05, 0.1) is 23.0 Å². The lowest BCUT2D eigenvalue weighted by molar-refractivity contribution is 0.190. The van der Waals surface area contributed by atoms with Crippen molar-refractivity contribution < 1.29 is 4.52 Å². The second-order valence-corrected chi connectivity index (χ2v) is 6.64. The third-order valence-electron chi connectivity index (χ3n) is 4.47. The van der Waals surface area contributed by atoms with Crippen molar-refractivity contribution in [2.45, 2.75) is 13.0 Å². The second kappa shape index (κ2) is 6.59. The molecule has 4 rings (SSSR count). The molecule has 8 heteroatoms. The van der Waals surface area contributed by atoms with E-state index >= 15 is 0 Å². The van der Waals surface area contributed by atoms with Crippen LogP contribution in [0.1, 0.15) is 17.6 Å². The molecule has 0 saturated carbocycles. The van der Waals surface area contributed by atoms with Crippen LogP contribution in [-0.4, -0.2) is 51.5 Å². The van der Waals surface area contributed by atoms with Crippen LogP contribution in [0.25, 0.3) is 17.1 Å². The smallest absolute Gasteiger partial charge is 0.261 e. The van der Waals surface area contributed by atoms with Gasteiger partial charge < -0.3 is 9.84 Å². The molecule has 0 radical (unpaired) electrons. The number of hydrogen-bond donors (Lipinski definition) is 1. The van der Waals surface area contributed by atoms with Crippen molar-refractivity contribution >= 4 is 11.6 Å². The molecule has 1 aromatic carbocycles. The molecule has 0 spiro atoms. The van der Waals surface area contributed by atoms with Crippen LogP contribution in [0.2, 0.25) is 5.02 Å². The Bertz CT molecular complexity index is 872. The third-order valence-corrected chi connectivity index (χ3v) is 4.72. The molecular weight excluding hydrogens is 340 g/mol. The number of likely N-dealkylation sites (N-methyl/N-ethyl adjacent to an activating group) is 1. The standard InChI is InChI=1S/C17H19ClN6O/c1-11-14(10-24(21-11)13-5-3-12(18)4-6-13)17-20-16(22-25-17)15-9-19-7-8-23(15)2/h3-6,10,15,19H,7-9H2,1-2H3. The summed E-state index contributed by atoms with van der Waals surface area (Å²) in [6.07, 6.45) is 1.90. The third kappa shape index (κ3) is 3.18. The Morgan fingerprint density at radius 3 is 2.84 bits per heavy atom. The highest BCUT2D eigenvalue weighted by Gasteiger charge is 2.26. The molecule has 1 atom stereocenters. The van der Waals surface area contributed by atoms with E-state index in [4.69, 9.17) is 16.1 Å². The van der Waals surface area contributed by atoms with E-state index in [2.05, 4.69) is 32.5 Å². The van der Waals surface area contributed by atoms with Gasteiger partial charge in [-0.1, -0.05) is 16.8 Å². The van der Waals surface area contributed by atoms with Gasteiger partial charge >= 0.3 is 0 Å². The van der Waals surface area contributed by atoms with Crippen molar-refractivity contribution in [3.63, 3.8) is 0 Å². The number of rotatable bonds is 3. The van der Waals surface area contributed by atoms with Crippen LogP contribution >= 0.6 is 11.6 Å². The lowest BCUT2D eigenvalue weighted by Crippen LogP contribution is -2.44. The topological polar surface area (TPSA) is 72.0 Å². The van der Waals surface area contributed by atoms with Crippen molar-refractivity contribution in [2.24, 2.45) is 0 Å². The highest BCUT2D eigenvalue weighted by molar-refractivity contribution is 6.30. The zero-order valence-electron chi connectivity index (χ0n) is 14.1. The Morgan fingerprint density at radius 1 is 1.28 bits per heavy atom. The van der Waals surface area contributed by atoms with E-state index in [0.29, 0.717) is 16.7 Å². The lowest BCUT2D eigenvalue weighted by Gasteiger charge is -2.30. The van der Waals surface area contributed by atoms with Gasteiger partial charge in [-0.3, -0.25) is 4.90 Å². The van der Waals surface area contributed by atoms with Crippen molar-refractivity contribution in [3.05, 3.63) is 47.0 Å². The quantitative estimate of drug-likeness (QED) is 0.775. The van der Waals surface area contributed by atoms with Crippen LogP contribution in [0.5, 0.6) is 0 Å². The first kappa shape index (κ1) is 16.3. The van der Waals surface area contributed by atoms with Gasteiger partial charge in [0.15, 0.2) is 5.82 Å². The van der Waals surface area contributed by atoms with E-state index in [1.807, 2.05) is 37.4 Å². The summed E-state index contributed by atoms with van der Waals surface area (Å²) in [5, 5.41) is 12.8. The van der Waals surface area contributed by atoms with Crippen molar-refractivity contribution in [3.8, 4) is 17.1 Å². The summed E-state index contributed by atoms with van der Waals surface area (Å²) in [5.74, 6) is 1.19. The summed E-state index contributed by atoms with van der Waals surface area (Å²) in [5.41, 5.74) is 2.59. The van der Waals surface area contributed by atoms with Crippen LogP contribution < -0.4 is 5.32 Å².